The SMILES string of the molecule is C=C1/C=C\C=C(\C)CCCNC1C. The van der Waals surface area contributed by atoms with Crippen molar-refractivity contribution in [3.05, 3.63) is 36.0 Å². The summed E-state index contributed by atoms with van der Waals surface area (Å²) >= 11 is 0. The van der Waals surface area contributed by atoms with Crippen molar-refractivity contribution in [3.63, 3.8) is 0 Å². The minimum atomic E-state index is 0.406. The summed E-state index contributed by atoms with van der Waals surface area (Å²) in [5, 5.41) is 3.44. The maximum atomic E-state index is 4.02. The molecule has 0 aromatic heterocycles. The van der Waals surface area contributed by atoms with Crippen LogP contribution in [0.1, 0.15) is 26.7 Å². The van der Waals surface area contributed by atoms with E-state index in [1.807, 2.05) is 0 Å². The van der Waals surface area contributed by atoms with Crippen LogP contribution in [0.3, 0.4) is 0 Å². The van der Waals surface area contributed by atoms with Gasteiger partial charge in [0, 0.05) is 6.04 Å². The van der Waals surface area contributed by atoms with Crippen LogP contribution in [0.4, 0.5) is 0 Å². The van der Waals surface area contributed by atoms with E-state index in [1.54, 1.807) is 0 Å². The molecule has 1 heterocycles. The lowest BCUT2D eigenvalue weighted by atomic mass is 10.1. The molecule has 72 valence electrons. The Balaban J connectivity index is 2.66. The van der Waals surface area contributed by atoms with Gasteiger partial charge in [0.1, 0.15) is 0 Å². The van der Waals surface area contributed by atoms with Gasteiger partial charge in [0.15, 0.2) is 0 Å². The first-order valence-corrected chi connectivity index (χ1v) is 4.96. The molecule has 13 heavy (non-hydrogen) atoms. The molecule has 1 nitrogen and oxygen atoms in total. The summed E-state index contributed by atoms with van der Waals surface area (Å²) in [5.41, 5.74) is 2.60. The van der Waals surface area contributed by atoms with Gasteiger partial charge in [0.2, 0.25) is 0 Å². The van der Waals surface area contributed by atoms with E-state index in [9.17, 15) is 0 Å². The monoisotopic (exact) mass is 177 g/mol. The van der Waals surface area contributed by atoms with Crippen molar-refractivity contribution in [2.75, 3.05) is 6.54 Å². The van der Waals surface area contributed by atoms with Gasteiger partial charge in [-0.1, -0.05) is 30.4 Å². The fourth-order valence-corrected chi connectivity index (χ4v) is 1.38. The molecule has 1 atom stereocenters. The summed E-state index contributed by atoms with van der Waals surface area (Å²) in [4.78, 5) is 0. The van der Waals surface area contributed by atoms with Gasteiger partial charge in [-0.2, -0.15) is 0 Å². The zero-order valence-corrected chi connectivity index (χ0v) is 8.64. The van der Waals surface area contributed by atoms with E-state index >= 15 is 0 Å². The fraction of sp³-hybridized carbons (Fsp3) is 0.500. The largest absolute Gasteiger partial charge is 0.310 e. The summed E-state index contributed by atoms with van der Waals surface area (Å²) in [6.07, 6.45) is 8.78. The van der Waals surface area contributed by atoms with E-state index in [2.05, 4.69) is 44.0 Å². The third-order valence-electron chi connectivity index (χ3n) is 2.45. The van der Waals surface area contributed by atoms with E-state index in [0.29, 0.717) is 6.04 Å². The van der Waals surface area contributed by atoms with E-state index < -0.39 is 0 Å². The van der Waals surface area contributed by atoms with Crippen LogP contribution in [0, 0.1) is 0 Å². The second-order valence-electron chi connectivity index (χ2n) is 3.73. The van der Waals surface area contributed by atoms with Gasteiger partial charge in [0.05, 0.1) is 0 Å². The van der Waals surface area contributed by atoms with Crippen LogP contribution < -0.4 is 5.32 Å². The second-order valence-corrected chi connectivity index (χ2v) is 3.73. The first-order valence-electron chi connectivity index (χ1n) is 4.96. The Kier molecular flexibility index (Phi) is 3.97. The summed E-state index contributed by atoms with van der Waals surface area (Å²) in [6, 6.07) is 0.406. The summed E-state index contributed by atoms with van der Waals surface area (Å²) in [5.74, 6) is 0. The van der Waals surface area contributed by atoms with Crippen molar-refractivity contribution in [1.29, 1.82) is 0 Å². The normalized spacial score (nSPS) is 32.0. The van der Waals surface area contributed by atoms with Crippen molar-refractivity contribution in [2.45, 2.75) is 32.7 Å². The molecule has 0 amide bonds. The molecule has 0 aromatic carbocycles. The molecule has 0 aromatic rings. The lowest BCUT2D eigenvalue weighted by molar-refractivity contribution is 0.592. The van der Waals surface area contributed by atoms with Crippen LogP contribution in [-0.4, -0.2) is 12.6 Å². The van der Waals surface area contributed by atoms with E-state index in [4.69, 9.17) is 0 Å². The highest BCUT2D eigenvalue weighted by Crippen LogP contribution is 2.08. The molecule has 1 N–H and O–H groups in total. The lowest BCUT2D eigenvalue weighted by Crippen LogP contribution is -2.28. The molecule has 1 heteroatoms. The fourth-order valence-electron chi connectivity index (χ4n) is 1.38. The average molecular weight is 177 g/mol. The summed E-state index contributed by atoms with van der Waals surface area (Å²) in [7, 11) is 0. The Morgan fingerprint density at radius 3 is 3.08 bits per heavy atom. The average Bonchev–Trinajstić information content (AvgIpc) is 2.11. The van der Waals surface area contributed by atoms with Crippen LogP contribution in [0.15, 0.2) is 36.0 Å². The van der Waals surface area contributed by atoms with Crippen molar-refractivity contribution in [2.24, 2.45) is 0 Å². The first kappa shape index (κ1) is 10.3. The van der Waals surface area contributed by atoms with Gasteiger partial charge in [0.25, 0.3) is 0 Å². The van der Waals surface area contributed by atoms with Gasteiger partial charge in [-0.05, 0) is 38.8 Å². The molecule has 1 aliphatic heterocycles. The Labute approximate surface area is 81.2 Å². The van der Waals surface area contributed by atoms with Crippen LogP contribution in [0.2, 0.25) is 0 Å². The number of rotatable bonds is 0. The Morgan fingerprint density at radius 2 is 2.31 bits per heavy atom. The van der Waals surface area contributed by atoms with Gasteiger partial charge < -0.3 is 5.32 Å². The second kappa shape index (κ2) is 5.03. The zero-order chi connectivity index (χ0) is 9.68. The van der Waals surface area contributed by atoms with Crippen LogP contribution >= 0.6 is 0 Å². The quantitative estimate of drug-likeness (QED) is 0.600. The highest BCUT2D eigenvalue weighted by atomic mass is 14.9. The highest BCUT2D eigenvalue weighted by Gasteiger charge is 2.03. The van der Waals surface area contributed by atoms with Crippen LogP contribution in [0.5, 0.6) is 0 Å². The summed E-state index contributed by atoms with van der Waals surface area (Å²) < 4.78 is 0. The number of nitrogens with one attached hydrogen (secondary N) is 1. The minimum Gasteiger partial charge on any atom is -0.310 e. The predicted molar refractivity (Wildman–Crippen MR) is 58.7 cm³/mol. The first-order chi connectivity index (χ1) is 6.20. The smallest absolute Gasteiger partial charge is 0.0285 e. The zero-order valence-electron chi connectivity index (χ0n) is 8.64. The van der Waals surface area contributed by atoms with E-state index in [0.717, 1.165) is 12.1 Å². The predicted octanol–water partition coefficient (Wildman–Crippen LogP) is 2.82. The molecule has 0 bridgehead atoms. The molecular weight excluding hydrogens is 158 g/mol. The molecule has 1 aliphatic rings. The van der Waals surface area contributed by atoms with Gasteiger partial charge in [-0.3, -0.25) is 0 Å². The number of hydrogen-bond acceptors (Lipinski definition) is 1. The standard InChI is InChI=1S/C12H19N/c1-10-6-4-8-11(2)12(3)13-9-5-7-10/h4,6,8,12-13H,2,5,7,9H2,1,3H3/b8-4-,10-6-. The lowest BCUT2D eigenvalue weighted by Gasteiger charge is -2.15. The molecule has 1 rings (SSSR count). The third kappa shape index (κ3) is 3.60. The van der Waals surface area contributed by atoms with Gasteiger partial charge in [-0.15, -0.1) is 0 Å². The molecule has 0 radical (unpaired) electrons. The third-order valence-corrected chi connectivity index (χ3v) is 2.45. The van der Waals surface area contributed by atoms with Crippen molar-refractivity contribution in [1.82, 2.24) is 5.32 Å². The summed E-state index contributed by atoms with van der Waals surface area (Å²) in [6.45, 7) is 9.43. The van der Waals surface area contributed by atoms with E-state index in [-0.39, 0.29) is 0 Å². The van der Waals surface area contributed by atoms with Gasteiger partial charge >= 0.3 is 0 Å². The minimum absolute atomic E-state index is 0.406. The molecule has 0 spiro atoms. The molecule has 0 aliphatic carbocycles. The van der Waals surface area contributed by atoms with E-state index in [1.165, 1.54) is 18.4 Å². The molecule has 0 saturated carbocycles. The molecule has 0 saturated heterocycles. The highest BCUT2D eigenvalue weighted by molar-refractivity contribution is 5.25. The Bertz CT molecular complexity index is 236. The maximum absolute atomic E-state index is 4.02. The Morgan fingerprint density at radius 1 is 1.54 bits per heavy atom. The number of hydrogen-bond donors (Lipinski definition) is 1. The van der Waals surface area contributed by atoms with Crippen LogP contribution in [0.25, 0.3) is 0 Å². The topological polar surface area (TPSA) is 12.0 Å². The number of allylic oxidation sites excluding steroid dienone is 3. The molecule has 1 unspecified atom stereocenters. The van der Waals surface area contributed by atoms with Crippen molar-refractivity contribution in [3.8, 4) is 0 Å². The van der Waals surface area contributed by atoms with Crippen molar-refractivity contribution < 1.29 is 0 Å². The van der Waals surface area contributed by atoms with Crippen molar-refractivity contribution >= 4 is 0 Å². The maximum Gasteiger partial charge on any atom is 0.0285 e. The molecular formula is C12H19N. The van der Waals surface area contributed by atoms with Gasteiger partial charge in [-0.25, -0.2) is 0 Å². The Hall–Kier alpha value is -0.820. The van der Waals surface area contributed by atoms with Crippen LogP contribution in [-0.2, 0) is 0 Å². The molecule has 0 fully saturated rings.